The van der Waals surface area contributed by atoms with Crippen LogP contribution in [0.5, 0.6) is 0 Å². The number of para-hydroxylation sites is 3. The number of benzene rings is 7. The molecule has 7 aromatic carbocycles. The quantitative estimate of drug-likeness (QED) is 0.215. The lowest BCUT2D eigenvalue weighted by molar-refractivity contribution is 0.620. The summed E-state index contributed by atoms with van der Waals surface area (Å²) in [6.45, 7) is 0. The average Bonchev–Trinajstić information content (AvgIpc) is 3.76. The van der Waals surface area contributed by atoms with E-state index in [1.807, 2.05) is 24.3 Å². The number of nitrogens with zero attached hydrogens (tertiary/aromatic N) is 2. The van der Waals surface area contributed by atoms with Crippen LogP contribution in [-0.4, -0.2) is 9.55 Å². The zero-order valence-electron chi connectivity index (χ0n) is 22.9. The van der Waals surface area contributed by atoms with Crippen molar-refractivity contribution in [3.63, 3.8) is 0 Å². The van der Waals surface area contributed by atoms with Crippen molar-refractivity contribution in [2.24, 2.45) is 0 Å². The molecule has 3 aromatic heterocycles. The molecule has 0 unspecified atom stereocenters. The van der Waals surface area contributed by atoms with Crippen molar-refractivity contribution in [1.29, 1.82) is 0 Å². The Labute approximate surface area is 245 Å². The largest absolute Gasteiger partial charge is 0.455 e. The molecule has 0 radical (unpaired) electrons. The van der Waals surface area contributed by atoms with Gasteiger partial charge in [-0.15, -0.1) is 0 Å². The van der Waals surface area contributed by atoms with E-state index in [1.54, 1.807) is 0 Å². The summed E-state index contributed by atoms with van der Waals surface area (Å²) in [6, 6.07) is 46.7. The number of hydrogen-bond acceptors (Lipinski definition) is 3. The maximum Gasteiger partial charge on any atom is 0.228 e. The molecular formula is C39H22N2O2. The second kappa shape index (κ2) is 8.34. The molecule has 10 rings (SSSR count). The Hall–Kier alpha value is -5.87. The van der Waals surface area contributed by atoms with Crippen LogP contribution in [0.3, 0.4) is 0 Å². The molecule has 0 amide bonds. The van der Waals surface area contributed by atoms with Crippen LogP contribution in [0, 0.1) is 0 Å². The van der Waals surface area contributed by atoms with E-state index in [2.05, 4.69) is 114 Å². The summed E-state index contributed by atoms with van der Waals surface area (Å²) in [7, 11) is 0. The Bertz CT molecular complexity index is 2710. The molecule has 0 N–H and O–H groups in total. The third-order valence-electron chi connectivity index (χ3n) is 8.79. The highest BCUT2D eigenvalue weighted by molar-refractivity contribution is 6.21. The fraction of sp³-hybridized carbons (Fsp3) is 0. The first-order valence-electron chi connectivity index (χ1n) is 14.5. The lowest BCUT2D eigenvalue weighted by Crippen LogP contribution is -1.96. The highest BCUT2D eigenvalue weighted by Crippen LogP contribution is 2.43. The van der Waals surface area contributed by atoms with E-state index in [1.165, 1.54) is 27.1 Å². The number of fused-ring (bicyclic) bond motifs is 11. The van der Waals surface area contributed by atoms with Gasteiger partial charge in [0.1, 0.15) is 16.7 Å². The lowest BCUT2D eigenvalue weighted by Gasteiger charge is -2.12. The molecule has 0 saturated carbocycles. The van der Waals surface area contributed by atoms with Crippen LogP contribution in [0.4, 0.5) is 0 Å². The van der Waals surface area contributed by atoms with Crippen LogP contribution in [0.1, 0.15) is 0 Å². The van der Waals surface area contributed by atoms with E-state index in [0.717, 1.165) is 60.6 Å². The van der Waals surface area contributed by atoms with Crippen molar-refractivity contribution in [2.75, 3.05) is 0 Å². The molecular weight excluding hydrogens is 528 g/mol. The van der Waals surface area contributed by atoms with Gasteiger partial charge in [-0.05, 0) is 41.1 Å². The molecule has 0 saturated heterocycles. The molecule has 0 aliphatic rings. The molecule has 200 valence electrons. The van der Waals surface area contributed by atoms with E-state index in [-0.39, 0.29) is 0 Å². The molecule has 3 heterocycles. The second-order valence-electron chi connectivity index (χ2n) is 11.2. The van der Waals surface area contributed by atoms with Crippen LogP contribution < -0.4 is 0 Å². The van der Waals surface area contributed by atoms with Crippen molar-refractivity contribution < 1.29 is 8.83 Å². The van der Waals surface area contributed by atoms with E-state index >= 15 is 0 Å². The maximum absolute atomic E-state index is 6.77. The SMILES string of the molecule is c1ccc2c(c1)ccc1c2oc2cc(-n3c4ccccc4c4ccc5ccccc5c43)cc(-c3nc4ccccc4o3)c21. The van der Waals surface area contributed by atoms with Crippen molar-refractivity contribution in [1.82, 2.24) is 9.55 Å². The minimum atomic E-state index is 0.578. The molecule has 0 aliphatic heterocycles. The highest BCUT2D eigenvalue weighted by Gasteiger charge is 2.22. The standard InChI is InChI=1S/C39H22N2O2/c1-3-11-26-23(9-1)17-19-29-28-13-5-7-15-33(28)41(37(26)29)25-21-31(39-40-32-14-6-8-16-34(32)43-39)36-30-20-18-24-10-2-4-12-27(24)38(30)42-35(36)22-25/h1-22H. The maximum atomic E-state index is 6.77. The summed E-state index contributed by atoms with van der Waals surface area (Å²) in [5.41, 5.74) is 7.47. The number of rotatable bonds is 2. The predicted molar refractivity (Wildman–Crippen MR) is 176 cm³/mol. The summed E-state index contributed by atoms with van der Waals surface area (Å²) in [6.07, 6.45) is 0. The zero-order valence-corrected chi connectivity index (χ0v) is 22.9. The molecule has 0 aliphatic carbocycles. The summed E-state index contributed by atoms with van der Waals surface area (Å²) >= 11 is 0. The van der Waals surface area contributed by atoms with Gasteiger partial charge >= 0.3 is 0 Å². The first-order valence-corrected chi connectivity index (χ1v) is 14.5. The Morgan fingerprint density at radius 3 is 2.07 bits per heavy atom. The fourth-order valence-corrected chi connectivity index (χ4v) is 6.90. The first kappa shape index (κ1) is 22.8. The van der Waals surface area contributed by atoms with Crippen LogP contribution in [0.2, 0.25) is 0 Å². The number of aromatic nitrogens is 2. The minimum Gasteiger partial charge on any atom is -0.455 e. The Balaban J connectivity index is 1.40. The average molecular weight is 551 g/mol. The predicted octanol–water partition coefficient (Wildman–Crippen LogP) is 10.8. The van der Waals surface area contributed by atoms with Crippen molar-refractivity contribution in [2.45, 2.75) is 0 Å². The van der Waals surface area contributed by atoms with Crippen molar-refractivity contribution in [3.05, 3.63) is 133 Å². The van der Waals surface area contributed by atoms with Crippen LogP contribution in [-0.2, 0) is 0 Å². The topological polar surface area (TPSA) is 44.1 Å². The van der Waals surface area contributed by atoms with Gasteiger partial charge in [-0.1, -0.05) is 97.1 Å². The van der Waals surface area contributed by atoms with Gasteiger partial charge in [0.25, 0.3) is 0 Å². The highest BCUT2D eigenvalue weighted by atomic mass is 16.3. The van der Waals surface area contributed by atoms with Gasteiger partial charge in [-0.3, -0.25) is 0 Å². The Morgan fingerprint density at radius 1 is 0.512 bits per heavy atom. The normalized spacial score (nSPS) is 12.2. The van der Waals surface area contributed by atoms with Gasteiger partial charge in [0.15, 0.2) is 5.58 Å². The summed E-state index contributed by atoms with van der Waals surface area (Å²) in [5, 5.41) is 9.11. The van der Waals surface area contributed by atoms with E-state index in [4.69, 9.17) is 13.8 Å². The van der Waals surface area contributed by atoms with Crippen molar-refractivity contribution >= 4 is 76.4 Å². The summed E-state index contributed by atoms with van der Waals surface area (Å²) in [4.78, 5) is 4.96. The number of hydrogen-bond donors (Lipinski definition) is 0. The van der Waals surface area contributed by atoms with Crippen molar-refractivity contribution in [3.8, 4) is 17.1 Å². The molecule has 0 atom stereocenters. The Morgan fingerprint density at radius 2 is 1.21 bits per heavy atom. The smallest absolute Gasteiger partial charge is 0.228 e. The van der Waals surface area contributed by atoms with Crippen LogP contribution >= 0.6 is 0 Å². The molecule has 0 bridgehead atoms. The monoisotopic (exact) mass is 550 g/mol. The zero-order chi connectivity index (χ0) is 28.1. The van der Waals surface area contributed by atoms with Gasteiger partial charge < -0.3 is 13.4 Å². The van der Waals surface area contributed by atoms with E-state index < -0.39 is 0 Å². The minimum absolute atomic E-state index is 0.578. The van der Waals surface area contributed by atoms with Gasteiger partial charge in [0.05, 0.1) is 22.3 Å². The fourth-order valence-electron chi connectivity index (χ4n) is 6.90. The summed E-state index contributed by atoms with van der Waals surface area (Å²) in [5.74, 6) is 0.578. The van der Waals surface area contributed by atoms with Gasteiger partial charge in [0, 0.05) is 38.4 Å². The van der Waals surface area contributed by atoms with E-state index in [9.17, 15) is 0 Å². The number of furan rings is 1. The van der Waals surface area contributed by atoms with Gasteiger partial charge in [-0.2, -0.15) is 0 Å². The van der Waals surface area contributed by atoms with Gasteiger partial charge in [0.2, 0.25) is 5.89 Å². The Kier molecular flexibility index (Phi) is 4.42. The molecule has 43 heavy (non-hydrogen) atoms. The second-order valence-corrected chi connectivity index (χ2v) is 11.2. The van der Waals surface area contributed by atoms with Crippen LogP contribution in [0.15, 0.2) is 142 Å². The van der Waals surface area contributed by atoms with Gasteiger partial charge in [-0.25, -0.2) is 4.98 Å². The molecule has 0 fully saturated rings. The van der Waals surface area contributed by atoms with Crippen LogP contribution in [0.25, 0.3) is 93.5 Å². The first-order chi connectivity index (χ1) is 21.3. The van der Waals surface area contributed by atoms with E-state index in [0.29, 0.717) is 5.89 Å². The third-order valence-corrected chi connectivity index (χ3v) is 8.79. The lowest BCUT2D eigenvalue weighted by atomic mass is 10.0. The number of oxazole rings is 1. The molecule has 4 heteroatoms. The molecule has 0 spiro atoms. The third kappa shape index (κ3) is 3.12. The summed E-state index contributed by atoms with van der Waals surface area (Å²) < 4.78 is 15.6. The molecule has 4 nitrogen and oxygen atoms in total. The molecule has 10 aromatic rings.